The number of hydrogen-bond acceptors (Lipinski definition) is 1. The first-order chi connectivity index (χ1) is 7.45. The maximum atomic E-state index is 9.34. The van der Waals surface area contributed by atoms with E-state index < -0.39 is 0 Å². The number of aliphatic hydroxyl groups is 1. The molecular formula is C15H30O. The molecule has 0 aromatic rings. The first-order valence-electron chi connectivity index (χ1n) is 7.06. The lowest BCUT2D eigenvalue weighted by molar-refractivity contribution is 0.0735. The van der Waals surface area contributed by atoms with Crippen molar-refractivity contribution >= 4 is 0 Å². The zero-order chi connectivity index (χ0) is 12.3. The highest BCUT2D eigenvalue weighted by molar-refractivity contribution is 4.84. The van der Waals surface area contributed by atoms with Crippen LogP contribution < -0.4 is 0 Å². The van der Waals surface area contributed by atoms with Crippen molar-refractivity contribution in [2.75, 3.05) is 6.61 Å². The van der Waals surface area contributed by atoms with Crippen LogP contribution in [0.4, 0.5) is 0 Å². The molecule has 0 aromatic heterocycles. The van der Waals surface area contributed by atoms with Crippen LogP contribution in [0.3, 0.4) is 0 Å². The van der Waals surface area contributed by atoms with E-state index >= 15 is 0 Å². The summed E-state index contributed by atoms with van der Waals surface area (Å²) >= 11 is 0. The Labute approximate surface area is 102 Å². The molecule has 3 unspecified atom stereocenters. The van der Waals surface area contributed by atoms with E-state index in [1.807, 2.05) is 0 Å². The van der Waals surface area contributed by atoms with Crippen molar-refractivity contribution in [2.45, 2.75) is 53.9 Å². The molecule has 1 aliphatic rings. The van der Waals surface area contributed by atoms with Crippen LogP contribution in [0, 0.1) is 35.5 Å². The molecular weight excluding hydrogens is 196 g/mol. The van der Waals surface area contributed by atoms with Gasteiger partial charge in [0.2, 0.25) is 0 Å². The van der Waals surface area contributed by atoms with Gasteiger partial charge in [-0.25, -0.2) is 0 Å². The summed E-state index contributed by atoms with van der Waals surface area (Å²) in [4.78, 5) is 0. The van der Waals surface area contributed by atoms with Crippen LogP contribution in [0.15, 0.2) is 0 Å². The molecule has 0 aromatic carbocycles. The van der Waals surface area contributed by atoms with Crippen LogP contribution >= 0.6 is 0 Å². The SMILES string of the molecule is CC(C)C1CC(C(C)C)CC(C(C)CO)C1. The summed E-state index contributed by atoms with van der Waals surface area (Å²) in [6.45, 7) is 12.0. The molecule has 1 N–H and O–H groups in total. The molecule has 0 spiro atoms. The predicted octanol–water partition coefficient (Wildman–Crippen LogP) is 3.96. The van der Waals surface area contributed by atoms with E-state index in [2.05, 4.69) is 34.6 Å². The van der Waals surface area contributed by atoms with Crippen molar-refractivity contribution in [2.24, 2.45) is 35.5 Å². The Bertz CT molecular complexity index is 182. The molecule has 1 nitrogen and oxygen atoms in total. The lowest BCUT2D eigenvalue weighted by Gasteiger charge is -2.40. The van der Waals surface area contributed by atoms with Crippen molar-refractivity contribution in [3.8, 4) is 0 Å². The highest BCUT2D eigenvalue weighted by Crippen LogP contribution is 2.42. The largest absolute Gasteiger partial charge is 0.396 e. The number of hydrogen-bond donors (Lipinski definition) is 1. The maximum absolute atomic E-state index is 9.34. The smallest absolute Gasteiger partial charge is 0.0459 e. The Hall–Kier alpha value is -0.0400. The fourth-order valence-electron chi connectivity index (χ4n) is 3.16. The second-order valence-electron chi connectivity index (χ2n) is 6.64. The summed E-state index contributed by atoms with van der Waals surface area (Å²) in [6.07, 6.45) is 4.08. The first-order valence-corrected chi connectivity index (χ1v) is 7.06. The summed E-state index contributed by atoms with van der Waals surface area (Å²) in [7, 11) is 0. The minimum Gasteiger partial charge on any atom is -0.396 e. The van der Waals surface area contributed by atoms with Gasteiger partial charge in [-0.05, 0) is 54.8 Å². The molecule has 0 saturated heterocycles. The summed E-state index contributed by atoms with van der Waals surface area (Å²) in [6, 6.07) is 0. The fourth-order valence-corrected chi connectivity index (χ4v) is 3.16. The minimum absolute atomic E-state index is 0.361. The van der Waals surface area contributed by atoms with Gasteiger partial charge >= 0.3 is 0 Å². The second kappa shape index (κ2) is 6.05. The molecule has 1 rings (SSSR count). The molecule has 96 valence electrons. The Balaban J connectivity index is 2.66. The van der Waals surface area contributed by atoms with Crippen LogP contribution in [0.2, 0.25) is 0 Å². The van der Waals surface area contributed by atoms with Crippen molar-refractivity contribution in [3.63, 3.8) is 0 Å². The third-order valence-electron chi connectivity index (χ3n) is 4.79. The monoisotopic (exact) mass is 226 g/mol. The van der Waals surface area contributed by atoms with Gasteiger partial charge in [-0.1, -0.05) is 34.6 Å². The molecule has 0 amide bonds. The number of rotatable bonds is 4. The van der Waals surface area contributed by atoms with Crippen LogP contribution in [0.1, 0.15) is 53.9 Å². The van der Waals surface area contributed by atoms with Gasteiger partial charge < -0.3 is 5.11 Å². The quantitative estimate of drug-likeness (QED) is 0.769. The Morgan fingerprint density at radius 1 is 0.812 bits per heavy atom. The lowest BCUT2D eigenvalue weighted by Crippen LogP contribution is -2.32. The average Bonchev–Trinajstić information content (AvgIpc) is 2.27. The Kier molecular flexibility index (Phi) is 5.30. The summed E-state index contributed by atoms with van der Waals surface area (Å²) < 4.78 is 0. The Morgan fingerprint density at radius 2 is 1.19 bits per heavy atom. The molecule has 1 saturated carbocycles. The summed E-state index contributed by atoms with van der Waals surface area (Å²) in [5.74, 6) is 4.59. The van der Waals surface area contributed by atoms with E-state index in [4.69, 9.17) is 0 Å². The zero-order valence-corrected chi connectivity index (χ0v) is 11.7. The molecule has 1 heteroatoms. The van der Waals surface area contributed by atoms with Crippen molar-refractivity contribution in [3.05, 3.63) is 0 Å². The van der Waals surface area contributed by atoms with Gasteiger partial charge in [-0.2, -0.15) is 0 Å². The van der Waals surface area contributed by atoms with Crippen LogP contribution in [-0.4, -0.2) is 11.7 Å². The standard InChI is InChI=1S/C15H30O/c1-10(2)13-6-14(11(3)4)8-15(7-13)12(5)9-16/h10-16H,6-9H2,1-5H3. The lowest BCUT2D eigenvalue weighted by atomic mass is 9.65. The van der Waals surface area contributed by atoms with Crippen LogP contribution in [-0.2, 0) is 0 Å². The van der Waals surface area contributed by atoms with Gasteiger partial charge in [0.25, 0.3) is 0 Å². The normalized spacial score (nSPS) is 33.4. The first kappa shape index (κ1) is 14.0. The van der Waals surface area contributed by atoms with Crippen LogP contribution in [0.25, 0.3) is 0 Å². The molecule has 1 fully saturated rings. The van der Waals surface area contributed by atoms with Crippen LogP contribution in [0.5, 0.6) is 0 Å². The molecule has 0 bridgehead atoms. The van der Waals surface area contributed by atoms with Gasteiger partial charge in [-0.15, -0.1) is 0 Å². The number of aliphatic hydroxyl groups excluding tert-OH is 1. The zero-order valence-electron chi connectivity index (χ0n) is 11.7. The van der Waals surface area contributed by atoms with Gasteiger partial charge in [0.05, 0.1) is 0 Å². The molecule has 0 heterocycles. The van der Waals surface area contributed by atoms with E-state index in [-0.39, 0.29) is 0 Å². The summed E-state index contributed by atoms with van der Waals surface area (Å²) in [5.41, 5.74) is 0. The molecule has 16 heavy (non-hydrogen) atoms. The highest BCUT2D eigenvalue weighted by atomic mass is 16.3. The second-order valence-corrected chi connectivity index (χ2v) is 6.64. The van der Waals surface area contributed by atoms with Gasteiger partial charge in [0.15, 0.2) is 0 Å². The van der Waals surface area contributed by atoms with Gasteiger partial charge in [0, 0.05) is 6.61 Å². The van der Waals surface area contributed by atoms with E-state index in [1.54, 1.807) is 0 Å². The molecule has 3 atom stereocenters. The third kappa shape index (κ3) is 3.48. The molecule has 0 radical (unpaired) electrons. The highest BCUT2D eigenvalue weighted by Gasteiger charge is 2.33. The van der Waals surface area contributed by atoms with E-state index in [9.17, 15) is 5.11 Å². The van der Waals surface area contributed by atoms with Crippen molar-refractivity contribution < 1.29 is 5.11 Å². The van der Waals surface area contributed by atoms with Gasteiger partial charge in [-0.3, -0.25) is 0 Å². The topological polar surface area (TPSA) is 20.2 Å². The molecule has 0 aliphatic heterocycles. The van der Waals surface area contributed by atoms with E-state index in [0.29, 0.717) is 12.5 Å². The predicted molar refractivity (Wildman–Crippen MR) is 70.2 cm³/mol. The fraction of sp³-hybridized carbons (Fsp3) is 1.00. The maximum Gasteiger partial charge on any atom is 0.0459 e. The third-order valence-corrected chi connectivity index (χ3v) is 4.79. The summed E-state index contributed by atoms with van der Waals surface area (Å²) in [5, 5.41) is 9.34. The van der Waals surface area contributed by atoms with Gasteiger partial charge in [0.1, 0.15) is 0 Å². The average molecular weight is 226 g/mol. The molecule has 1 aliphatic carbocycles. The Morgan fingerprint density at radius 3 is 1.50 bits per heavy atom. The van der Waals surface area contributed by atoms with E-state index in [0.717, 1.165) is 29.6 Å². The van der Waals surface area contributed by atoms with Crippen molar-refractivity contribution in [1.82, 2.24) is 0 Å². The minimum atomic E-state index is 0.361. The van der Waals surface area contributed by atoms with E-state index in [1.165, 1.54) is 19.3 Å². The van der Waals surface area contributed by atoms with Crippen molar-refractivity contribution in [1.29, 1.82) is 0 Å².